The fourth-order valence-corrected chi connectivity index (χ4v) is 3.06. The first-order chi connectivity index (χ1) is 8.31. The van der Waals surface area contributed by atoms with E-state index in [0.29, 0.717) is 5.92 Å². The van der Waals surface area contributed by atoms with Crippen molar-refractivity contribution in [3.8, 4) is 5.75 Å². The highest BCUT2D eigenvalue weighted by atomic mass is 16.5. The number of aromatic nitrogens is 2. The van der Waals surface area contributed by atoms with Crippen LogP contribution in [0.4, 0.5) is 0 Å². The lowest BCUT2D eigenvalue weighted by Crippen LogP contribution is -2.23. The van der Waals surface area contributed by atoms with Gasteiger partial charge in [0.15, 0.2) is 5.75 Å². The molecule has 2 unspecified atom stereocenters. The average Bonchev–Trinajstić information content (AvgIpc) is 2.94. The first-order valence-electron chi connectivity index (χ1n) is 6.56. The summed E-state index contributed by atoms with van der Waals surface area (Å²) in [6.07, 6.45) is 5.74. The van der Waals surface area contributed by atoms with Gasteiger partial charge in [-0.05, 0) is 39.3 Å². The van der Waals surface area contributed by atoms with Crippen LogP contribution in [0.3, 0.4) is 0 Å². The van der Waals surface area contributed by atoms with Gasteiger partial charge in [0.1, 0.15) is 0 Å². The summed E-state index contributed by atoms with van der Waals surface area (Å²) in [5.74, 6) is 2.27. The minimum absolute atomic E-state index is 0.597. The molecule has 0 amide bonds. The summed E-state index contributed by atoms with van der Waals surface area (Å²) in [6.45, 7) is 4.14. The minimum atomic E-state index is 0.597. The molecule has 1 aromatic heterocycles. The zero-order valence-electron chi connectivity index (χ0n) is 11.1. The Bertz CT molecular complexity index is 340. The third-order valence-corrected chi connectivity index (χ3v) is 3.84. The second-order valence-corrected chi connectivity index (χ2v) is 4.77. The fourth-order valence-electron chi connectivity index (χ4n) is 3.06. The van der Waals surface area contributed by atoms with Crippen molar-refractivity contribution in [2.45, 2.75) is 38.6 Å². The lowest BCUT2D eigenvalue weighted by atomic mass is 9.92. The Hall–Kier alpha value is -1.03. The summed E-state index contributed by atoms with van der Waals surface area (Å²) >= 11 is 0. The fraction of sp³-hybridized carbons (Fsp3) is 0.769. The zero-order chi connectivity index (χ0) is 12.3. The molecule has 4 heteroatoms. The molecule has 1 fully saturated rings. The molecule has 1 N–H and O–H groups in total. The van der Waals surface area contributed by atoms with Crippen LogP contribution in [0, 0.1) is 5.92 Å². The molecule has 2 atom stereocenters. The lowest BCUT2D eigenvalue weighted by Gasteiger charge is -2.21. The van der Waals surface area contributed by atoms with Gasteiger partial charge in [0, 0.05) is 12.5 Å². The quantitative estimate of drug-likeness (QED) is 0.851. The molecule has 0 saturated heterocycles. The summed E-state index contributed by atoms with van der Waals surface area (Å²) in [5.41, 5.74) is 1.30. The lowest BCUT2D eigenvalue weighted by molar-refractivity contribution is 0.381. The molecule has 96 valence electrons. The number of ether oxygens (including phenoxy) is 1. The molecule has 1 aliphatic rings. The Morgan fingerprint density at radius 3 is 3.00 bits per heavy atom. The van der Waals surface area contributed by atoms with Gasteiger partial charge in [0.05, 0.1) is 19.0 Å². The molecule has 1 heterocycles. The van der Waals surface area contributed by atoms with Crippen molar-refractivity contribution in [3.63, 3.8) is 0 Å². The van der Waals surface area contributed by atoms with Crippen LogP contribution in [0.15, 0.2) is 6.20 Å². The topological polar surface area (TPSA) is 39.1 Å². The summed E-state index contributed by atoms with van der Waals surface area (Å²) in [4.78, 5) is 0. The van der Waals surface area contributed by atoms with E-state index in [-0.39, 0.29) is 0 Å². The maximum Gasteiger partial charge on any atom is 0.160 e. The van der Waals surface area contributed by atoms with Crippen molar-refractivity contribution in [1.82, 2.24) is 15.1 Å². The van der Waals surface area contributed by atoms with Crippen molar-refractivity contribution in [2.24, 2.45) is 5.92 Å². The third kappa shape index (κ3) is 2.32. The monoisotopic (exact) mass is 237 g/mol. The van der Waals surface area contributed by atoms with Crippen molar-refractivity contribution < 1.29 is 4.74 Å². The molecule has 4 nitrogen and oxygen atoms in total. The largest absolute Gasteiger partial charge is 0.493 e. The van der Waals surface area contributed by atoms with E-state index in [1.54, 1.807) is 7.11 Å². The second-order valence-electron chi connectivity index (χ2n) is 4.77. The van der Waals surface area contributed by atoms with E-state index in [1.807, 2.05) is 13.2 Å². The van der Waals surface area contributed by atoms with E-state index >= 15 is 0 Å². The Balaban J connectivity index is 2.27. The van der Waals surface area contributed by atoms with Crippen LogP contribution in [0.25, 0.3) is 0 Å². The molecule has 2 rings (SSSR count). The molecule has 1 aliphatic carbocycles. The number of nitrogens with zero attached hydrogens (tertiary/aromatic N) is 2. The molecule has 1 aromatic rings. The maximum absolute atomic E-state index is 5.46. The van der Waals surface area contributed by atoms with E-state index < -0.39 is 0 Å². The molecule has 0 aliphatic heterocycles. The molecular formula is C13H23N3O. The van der Waals surface area contributed by atoms with Crippen molar-refractivity contribution in [3.05, 3.63) is 11.9 Å². The van der Waals surface area contributed by atoms with Crippen LogP contribution in [0.1, 0.15) is 37.8 Å². The van der Waals surface area contributed by atoms with Crippen LogP contribution < -0.4 is 10.1 Å². The third-order valence-electron chi connectivity index (χ3n) is 3.84. The van der Waals surface area contributed by atoms with Crippen molar-refractivity contribution in [1.29, 1.82) is 0 Å². The van der Waals surface area contributed by atoms with Gasteiger partial charge in [-0.3, -0.25) is 4.68 Å². The molecular weight excluding hydrogens is 214 g/mol. The van der Waals surface area contributed by atoms with Crippen LogP contribution in [0.5, 0.6) is 5.75 Å². The van der Waals surface area contributed by atoms with Crippen molar-refractivity contribution >= 4 is 0 Å². The van der Waals surface area contributed by atoms with Gasteiger partial charge in [-0.2, -0.15) is 5.10 Å². The number of methoxy groups -OCH3 is 1. The first-order valence-corrected chi connectivity index (χ1v) is 6.56. The number of nitrogens with one attached hydrogen (secondary N) is 1. The molecule has 0 radical (unpaired) electrons. The van der Waals surface area contributed by atoms with Gasteiger partial charge in [-0.15, -0.1) is 0 Å². The standard InChI is InChI=1S/C13H23N3O/c1-4-16-13(12(17-3)9-15-16)11-7-5-6-10(11)8-14-2/h9-11,14H,4-8H2,1-3H3. The SMILES string of the molecule is CCn1ncc(OC)c1C1CCCC1CNC. The maximum atomic E-state index is 5.46. The van der Waals surface area contributed by atoms with Crippen LogP contribution in [-0.4, -0.2) is 30.5 Å². The van der Waals surface area contributed by atoms with E-state index in [0.717, 1.165) is 24.8 Å². The minimum Gasteiger partial charge on any atom is -0.493 e. The Morgan fingerprint density at radius 1 is 1.53 bits per heavy atom. The van der Waals surface area contributed by atoms with E-state index in [2.05, 4.69) is 22.0 Å². The summed E-state index contributed by atoms with van der Waals surface area (Å²) in [5, 5.41) is 7.72. The van der Waals surface area contributed by atoms with Gasteiger partial charge < -0.3 is 10.1 Å². The number of hydrogen-bond donors (Lipinski definition) is 1. The van der Waals surface area contributed by atoms with Crippen LogP contribution in [0.2, 0.25) is 0 Å². The van der Waals surface area contributed by atoms with Gasteiger partial charge in [-0.1, -0.05) is 6.42 Å². The molecule has 0 spiro atoms. The van der Waals surface area contributed by atoms with Crippen LogP contribution in [-0.2, 0) is 6.54 Å². The summed E-state index contributed by atoms with van der Waals surface area (Å²) in [7, 11) is 3.77. The zero-order valence-corrected chi connectivity index (χ0v) is 11.1. The van der Waals surface area contributed by atoms with E-state index in [4.69, 9.17) is 4.74 Å². The number of rotatable bonds is 5. The van der Waals surface area contributed by atoms with Crippen molar-refractivity contribution in [2.75, 3.05) is 20.7 Å². The average molecular weight is 237 g/mol. The highest BCUT2D eigenvalue weighted by Crippen LogP contribution is 2.42. The molecule has 0 bridgehead atoms. The predicted molar refractivity (Wildman–Crippen MR) is 68.5 cm³/mol. The first kappa shape index (κ1) is 12.4. The van der Waals surface area contributed by atoms with E-state index in [9.17, 15) is 0 Å². The molecule has 1 saturated carbocycles. The normalized spacial score (nSPS) is 24.2. The van der Waals surface area contributed by atoms with Gasteiger partial charge in [-0.25, -0.2) is 0 Å². The van der Waals surface area contributed by atoms with Crippen LogP contribution >= 0.6 is 0 Å². The van der Waals surface area contributed by atoms with Gasteiger partial charge >= 0.3 is 0 Å². The Morgan fingerprint density at radius 2 is 2.35 bits per heavy atom. The van der Waals surface area contributed by atoms with Gasteiger partial charge in [0.25, 0.3) is 0 Å². The molecule has 17 heavy (non-hydrogen) atoms. The predicted octanol–water partition coefficient (Wildman–Crippen LogP) is 2.01. The Kier molecular flexibility index (Phi) is 4.05. The highest BCUT2D eigenvalue weighted by molar-refractivity contribution is 5.30. The summed E-state index contributed by atoms with van der Waals surface area (Å²) in [6, 6.07) is 0. The number of aryl methyl sites for hydroxylation is 1. The highest BCUT2D eigenvalue weighted by Gasteiger charge is 2.32. The smallest absolute Gasteiger partial charge is 0.160 e. The second kappa shape index (κ2) is 5.54. The van der Waals surface area contributed by atoms with Gasteiger partial charge in [0.2, 0.25) is 0 Å². The molecule has 0 aromatic carbocycles. The number of hydrogen-bond acceptors (Lipinski definition) is 3. The van der Waals surface area contributed by atoms with E-state index in [1.165, 1.54) is 25.0 Å². The summed E-state index contributed by atoms with van der Waals surface area (Å²) < 4.78 is 7.56. The Labute approximate surface area is 103 Å².